The predicted molar refractivity (Wildman–Crippen MR) is 96.8 cm³/mol. The van der Waals surface area contributed by atoms with Crippen molar-refractivity contribution < 1.29 is 19.4 Å². The number of carboxylic acid groups (broad SMARTS) is 1. The second-order valence-corrected chi connectivity index (χ2v) is 4.80. The van der Waals surface area contributed by atoms with Crippen LogP contribution in [0.2, 0.25) is 0 Å². The van der Waals surface area contributed by atoms with Crippen LogP contribution >= 0.6 is 12.4 Å². The number of halogens is 1. The van der Waals surface area contributed by atoms with Crippen molar-refractivity contribution in [3.63, 3.8) is 0 Å². The van der Waals surface area contributed by atoms with E-state index >= 15 is 0 Å². The molecule has 0 saturated carbocycles. The Kier molecular flexibility index (Phi) is 7.48. The Hall–Kier alpha value is -3.00. The molecule has 9 heteroatoms. The summed E-state index contributed by atoms with van der Waals surface area (Å²) in [5.74, 6) is 4.59. The van der Waals surface area contributed by atoms with Crippen molar-refractivity contribution in [3.8, 4) is 11.8 Å². The van der Waals surface area contributed by atoms with Gasteiger partial charge in [0.25, 0.3) is 0 Å². The summed E-state index contributed by atoms with van der Waals surface area (Å²) in [6, 6.07) is 9.11. The zero-order valence-corrected chi connectivity index (χ0v) is 14.5. The molecule has 0 amide bonds. The van der Waals surface area contributed by atoms with Crippen molar-refractivity contribution in [2.45, 2.75) is 6.04 Å². The van der Waals surface area contributed by atoms with Crippen molar-refractivity contribution in [2.75, 3.05) is 19.5 Å². The lowest BCUT2D eigenvalue weighted by Crippen LogP contribution is -2.20. The maximum absolute atomic E-state index is 11.7. The van der Waals surface area contributed by atoms with E-state index in [1.54, 1.807) is 36.4 Å². The van der Waals surface area contributed by atoms with Crippen LogP contribution in [0.15, 0.2) is 41.5 Å². The first-order chi connectivity index (χ1) is 11.6. The Morgan fingerprint density at radius 1 is 1.24 bits per heavy atom. The number of benzene rings is 1. The van der Waals surface area contributed by atoms with Crippen LogP contribution in [0.25, 0.3) is 0 Å². The summed E-state index contributed by atoms with van der Waals surface area (Å²) in [4.78, 5) is 15.7. The Balaban J connectivity index is 0.00000312. The van der Waals surface area contributed by atoms with E-state index in [1.165, 1.54) is 20.4 Å². The van der Waals surface area contributed by atoms with Crippen molar-refractivity contribution in [1.29, 1.82) is 0 Å². The smallest absolute Gasteiger partial charge is 0.330 e. The first kappa shape index (κ1) is 20.0. The molecule has 134 valence electrons. The van der Waals surface area contributed by atoms with E-state index in [-0.39, 0.29) is 24.2 Å². The van der Waals surface area contributed by atoms with E-state index in [9.17, 15) is 9.90 Å². The number of aromatic nitrogens is 1. The molecule has 0 spiro atoms. The Bertz CT molecular complexity index is 715. The van der Waals surface area contributed by atoms with E-state index in [2.05, 4.69) is 15.4 Å². The number of hydrogen-bond donors (Lipinski definition) is 3. The number of carbonyl (C=O) groups is 1. The van der Waals surface area contributed by atoms with Crippen LogP contribution in [-0.4, -0.2) is 36.5 Å². The van der Waals surface area contributed by atoms with Crippen molar-refractivity contribution >= 4 is 30.3 Å². The van der Waals surface area contributed by atoms with E-state index in [0.717, 1.165) is 5.56 Å². The molecular weight excluding hydrogens is 348 g/mol. The number of ether oxygens (including phenoxy) is 2. The van der Waals surface area contributed by atoms with E-state index in [0.29, 0.717) is 11.3 Å². The van der Waals surface area contributed by atoms with Gasteiger partial charge in [0, 0.05) is 17.8 Å². The fourth-order valence-corrected chi connectivity index (χ4v) is 2.08. The van der Waals surface area contributed by atoms with Gasteiger partial charge in [-0.05, 0) is 23.3 Å². The number of hydrogen-bond acceptors (Lipinski definition) is 7. The minimum atomic E-state index is -1.04. The van der Waals surface area contributed by atoms with Crippen molar-refractivity contribution in [3.05, 3.63) is 47.5 Å². The van der Waals surface area contributed by atoms with Crippen LogP contribution in [0.5, 0.6) is 11.8 Å². The lowest BCUT2D eigenvalue weighted by molar-refractivity contribution is -0.138. The lowest BCUT2D eigenvalue weighted by Gasteiger charge is -2.17. The third kappa shape index (κ3) is 5.25. The summed E-state index contributed by atoms with van der Waals surface area (Å²) in [5, 5.41) is 15.9. The SMILES string of the molecule is COc1cc(C(Nc2ccc(C=NN)cc2)C(=O)O)cc(OC)n1.Cl. The molecule has 0 saturated heterocycles. The van der Waals surface area contributed by atoms with Crippen molar-refractivity contribution in [2.24, 2.45) is 10.9 Å². The third-order valence-electron chi connectivity index (χ3n) is 3.24. The van der Waals surface area contributed by atoms with Gasteiger partial charge >= 0.3 is 5.97 Å². The largest absolute Gasteiger partial charge is 0.481 e. The second-order valence-electron chi connectivity index (χ2n) is 4.80. The lowest BCUT2D eigenvalue weighted by atomic mass is 10.1. The molecule has 2 aromatic rings. The molecule has 25 heavy (non-hydrogen) atoms. The van der Waals surface area contributed by atoms with Crippen LogP contribution < -0.4 is 20.6 Å². The molecule has 2 rings (SSSR count). The first-order valence-corrected chi connectivity index (χ1v) is 7.00. The number of nitrogens with one attached hydrogen (secondary N) is 1. The number of carboxylic acids is 1. The van der Waals surface area contributed by atoms with Crippen molar-refractivity contribution in [1.82, 2.24) is 4.98 Å². The topological polar surface area (TPSA) is 119 Å². The summed E-state index contributed by atoms with van der Waals surface area (Å²) in [5.41, 5.74) is 1.90. The summed E-state index contributed by atoms with van der Waals surface area (Å²) in [6.07, 6.45) is 1.50. The first-order valence-electron chi connectivity index (χ1n) is 7.00. The summed E-state index contributed by atoms with van der Waals surface area (Å²) in [6.45, 7) is 0. The Morgan fingerprint density at radius 3 is 2.24 bits per heavy atom. The fraction of sp³-hybridized carbons (Fsp3) is 0.188. The zero-order chi connectivity index (χ0) is 17.5. The quantitative estimate of drug-likeness (QED) is 0.389. The van der Waals surface area contributed by atoms with Gasteiger partial charge in [0.15, 0.2) is 6.04 Å². The van der Waals surface area contributed by atoms with Crippen LogP contribution in [0.4, 0.5) is 5.69 Å². The third-order valence-corrected chi connectivity index (χ3v) is 3.24. The highest BCUT2D eigenvalue weighted by atomic mass is 35.5. The summed E-state index contributed by atoms with van der Waals surface area (Å²) >= 11 is 0. The van der Waals surface area contributed by atoms with Crippen LogP contribution in [0.1, 0.15) is 17.2 Å². The van der Waals surface area contributed by atoms with E-state index < -0.39 is 12.0 Å². The Labute approximate surface area is 151 Å². The van der Waals surface area contributed by atoms with Gasteiger partial charge in [0.05, 0.1) is 20.4 Å². The average Bonchev–Trinajstić information content (AvgIpc) is 2.60. The molecule has 0 aliphatic rings. The number of nitrogens with zero attached hydrogens (tertiary/aromatic N) is 2. The number of hydrazone groups is 1. The zero-order valence-electron chi connectivity index (χ0n) is 13.7. The van der Waals surface area contributed by atoms with Crippen LogP contribution in [0, 0.1) is 0 Å². The number of aliphatic carboxylic acids is 1. The molecule has 0 fully saturated rings. The van der Waals surface area contributed by atoms with Gasteiger partial charge in [-0.15, -0.1) is 12.4 Å². The molecule has 0 bridgehead atoms. The van der Waals surface area contributed by atoms with Gasteiger partial charge in [-0.25, -0.2) is 4.79 Å². The van der Waals surface area contributed by atoms with Gasteiger partial charge < -0.3 is 25.7 Å². The molecule has 8 nitrogen and oxygen atoms in total. The highest BCUT2D eigenvalue weighted by molar-refractivity contribution is 5.85. The normalized spacial score (nSPS) is 11.4. The molecule has 0 aliphatic carbocycles. The molecular formula is C16H19ClN4O4. The van der Waals surface area contributed by atoms with Gasteiger partial charge in [0.1, 0.15) is 0 Å². The monoisotopic (exact) mass is 366 g/mol. The average molecular weight is 367 g/mol. The number of anilines is 1. The maximum Gasteiger partial charge on any atom is 0.330 e. The van der Waals surface area contributed by atoms with Gasteiger partial charge in [-0.2, -0.15) is 10.1 Å². The van der Waals surface area contributed by atoms with E-state index in [1.807, 2.05) is 0 Å². The number of nitrogens with two attached hydrogens (primary N) is 1. The minimum absolute atomic E-state index is 0. The molecule has 1 atom stereocenters. The molecule has 0 aliphatic heterocycles. The number of methoxy groups -OCH3 is 2. The van der Waals surface area contributed by atoms with Gasteiger partial charge in [-0.1, -0.05) is 12.1 Å². The molecule has 0 radical (unpaired) electrons. The molecule has 1 unspecified atom stereocenters. The van der Waals surface area contributed by atoms with E-state index in [4.69, 9.17) is 15.3 Å². The predicted octanol–water partition coefficient (Wildman–Crippen LogP) is 2.05. The van der Waals surface area contributed by atoms with Crippen LogP contribution in [0.3, 0.4) is 0 Å². The molecule has 4 N–H and O–H groups in total. The summed E-state index contributed by atoms with van der Waals surface area (Å²) in [7, 11) is 2.90. The fourth-order valence-electron chi connectivity index (χ4n) is 2.08. The molecule has 1 heterocycles. The van der Waals surface area contributed by atoms with Gasteiger partial charge in [0.2, 0.25) is 11.8 Å². The number of rotatable bonds is 7. The van der Waals surface area contributed by atoms with Crippen LogP contribution in [-0.2, 0) is 4.79 Å². The highest BCUT2D eigenvalue weighted by Crippen LogP contribution is 2.26. The minimum Gasteiger partial charge on any atom is -0.481 e. The standard InChI is InChI=1S/C16H18N4O4.ClH/c1-23-13-7-11(8-14(20-13)24-2)15(16(21)22)19-12-5-3-10(4-6-12)9-18-17;/h3-9,15,19H,17H2,1-2H3,(H,21,22);1H. The maximum atomic E-state index is 11.7. The highest BCUT2D eigenvalue weighted by Gasteiger charge is 2.22. The molecule has 1 aromatic carbocycles. The Morgan fingerprint density at radius 2 is 1.80 bits per heavy atom. The molecule has 1 aromatic heterocycles. The number of pyridine rings is 1. The summed E-state index contributed by atoms with van der Waals surface area (Å²) < 4.78 is 10.2. The van der Waals surface area contributed by atoms with Gasteiger partial charge in [-0.3, -0.25) is 0 Å². The second kappa shape index (κ2) is 9.33.